The summed E-state index contributed by atoms with van der Waals surface area (Å²) in [5.41, 5.74) is 5.39. The van der Waals surface area contributed by atoms with Crippen molar-refractivity contribution in [1.29, 1.82) is 0 Å². The van der Waals surface area contributed by atoms with Crippen LogP contribution in [0, 0.1) is 6.92 Å². The summed E-state index contributed by atoms with van der Waals surface area (Å²) in [6.45, 7) is 34.0. The quantitative estimate of drug-likeness (QED) is 0.00356. The Balaban J connectivity index is 0. The lowest BCUT2D eigenvalue weighted by Crippen LogP contribution is -2.51. The zero-order valence-corrected chi connectivity index (χ0v) is 92.0. The van der Waals surface area contributed by atoms with E-state index in [1.807, 2.05) is 13.0 Å². The molecule has 0 fully saturated rings. The molecule has 0 saturated carbocycles. The molecule has 6 heterocycles. The molecule has 0 bridgehead atoms. The number of amides is 7. The number of rotatable bonds is 32. The third kappa shape index (κ3) is 60.1. The Hall–Kier alpha value is -13.0. The molecule has 0 aliphatic rings. The Bertz CT molecular complexity index is 5290. The number of aldehydes is 1. The van der Waals surface area contributed by atoms with E-state index in [0.717, 1.165) is 50.0 Å². The maximum Gasteiger partial charge on any atom is 0.413 e. The van der Waals surface area contributed by atoms with Gasteiger partial charge in [0.2, 0.25) is 5.78 Å². The number of hydrogen-bond acceptors (Lipinski definition) is 37. The number of carboxylic acid groups (broad SMARTS) is 1. The minimum absolute atomic E-state index is 0.00910. The van der Waals surface area contributed by atoms with E-state index in [9.17, 15) is 76.5 Å². The maximum absolute atomic E-state index is 12.3. The Morgan fingerprint density at radius 2 is 0.856 bits per heavy atom. The van der Waals surface area contributed by atoms with Crippen LogP contribution in [-0.4, -0.2) is 256 Å². The summed E-state index contributed by atoms with van der Waals surface area (Å²) in [5.74, 6) is -5.28. The van der Waals surface area contributed by atoms with E-state index in [1.165, 1.54) is 93.6 Å². The number of benzene rings is 1. The lowest BCUT2D eigenvalue weighted by Gasteiger charge is -2.25. The van der Waals surface area contributed by atoms with Crippen LogP contribution in [0.2, 0.25) is 0 Å². The van der Waals surface area contributed by atoms with Gasteiger partial charge in [-0.25, -0.2) is 63.1 Å². The third-order valence-corrected chi connectivity index (χ3v) is 19.7. The highest BCUT2D eigenvalue weighted by molar-refractivity contribution is 14.1. The molecule has 7 amide bonds. The second-order valence-corrected chi connectivity index (χ2v) is 39.7. The number of carbonyl (C=O) groups excluding carboxylic acids is 13. The van der Waals surface area contributed by atoms with Gasteiger partial charge in [0.1, 0.15) is 88.1 Å². The lowest BCUT2D eigenvalue weighted by molar-refractivity contribution is -0.158. The van der Waals surface area contributed by atoms with E-state index in [2.05, 4.69) is 113 Å². The molecule has 810 valence electrons. The van der Waals surface area contributed by atoms with Crippen molar-refractivity contribution in [3.05, 3.63) is 189 Å². The minimum Gasteiger partial charge on any atom is -0.479 e. The summed E-state index contributed by atoms with van der Waals surface area (Å²) in [4.78, 5) is 192. The van der Waals surface area contributed by atoms with Crippen LogP contribution >= 0.6 is 53.4 Å². The Kier molecular flexibility index (Phi) is 62.6. The van der Waals surface area contributed by atoms with Gasteiger partial charge in [0.25, 0.3) is 17.4 Å². The fourth-order valence-electron chi connectivity index (χ4n) is 9.69. The fourth-order valence-corrected chi connectivity index (χ4v) is 11.1. The number of hydrogen-bond donors (Lipinski definition) is 10. The van der Waals surface area contributed by atoms with Crippen molar-refractivity contribution in [3.63, 3.8) is 0 Å². The zero-order chi connectivity index (χ0) is 112. The molecule has 0 aliphatic carbocycles. The SMILES string of the molecule is COC(=O)/C(C)=C/c1ccnc(NC(=O)OC(C)(C)C)c1.COC(=O)C(Cc1ccnc(NC(=O)OC(C)(C)C)c1)NC(=O)C(C)(C)OC.COC(=O)C(N)Cc1ccnc(NC(=O)OC(C)(C)C)c1.COC(=O)C(NC(=O)OCc1ccccc1)P(=O)(OC)OC.COC(C)(C)C(=O)NC(Cc1ccnc(NC(=O)OC(C)(C)C)c1)C(=O)CCl.COC(C)(C)C(=O)O.Cc1cc(C=O)ccn1.ClCI.O=c1cco[nH]1. The Labute approximate surface area is 872 Å². The van der Waals surface area contributed by atoms with Gasteiger partial charge in [-0.1, -0.05) is 52.9 Å². The number of ketones is 1. The van der Waals surface area contributed by atoms with Crippen molar-refractivity contribution in [2.24, 2.45) is 5.73 Å². The number of nitrogens with one attached hydrogen (secondary N) is 8. The number of carboxylic acids is 1. The highest BCUT2D eigenvalue weighted by Gasteiger charge is 2.43. The van der Waals surface area contributed by atoms with E-state index < -0.39 is 143 Å². The second-order valence-electron chi connectivity index (χ2n) is 35.2. The van der Waals surface area contributed by atoms with Gasteiger partial charge in [-0.3, -0.25) is 64.9 Å². The number of Topliss-reactive ketones (excluding diaryl/α,β-unsaturated/α-hetero) is 1. The van der Waals surface area contributed by atoms with Crippen LogP contribution in [0.25, 0.3) is 6.08 Å². The number of alkyl carbamates (subject to hydrolysis) is 1. The summed E-state index contributed by atoms with van der Waals surface area (Å²) in [6, 6.07) is 24.4. The number of ether oxygens (including phenoxy) is 12. The van der Waals surface area contributed by atoms with Crippen molar-refractivity contribution >= 4 is 167 Å². The number of aromatic amines is 1. The highest BCUT2D eigenvalue weighted by Crippen LogP contribution is 2.51. The van der Waals surface area contributed by atoms with Gasteiger partial charge >= 0.3 is 67.9 Å². The average Bonchev–Trinajstić information content (AvgIpc) is 0.927. The number of esters is 4. The van der Waals surface area contributed by atoms with Gasteiger partial charge in [0.15, 0.2) is 11.4 Å². The molecule has 0 saturated heterocycles. The standard InChI is InChI=1S/C19H28ClN3O5.C19H29N3O6.C15H20N2O4.C14H21N3O4.C13H18NO7P.C7H7NO.C5H10O3.C3H3NO2.CH2ClI/c1-18(2,3)28-17(26)23-15-10-12(7-8-21-15)9-13(14(24)11-20)22-16(25)19(4,5)27-6;1-18(2,3)28-17(25)22-14-11-12(8-9-20-14)10-13(15(23)26-6)21-16(24)19(4,5)27-7;1-10(13(18)20-5)8-11-6-7-16-12(9-11)17-14(19)21-15(2,3)4;1-14(2,3)21-13(19)17-11-8-9(5-6-16-11)7-10(15)12(18)20-4;1-18-12(15)11(22(17,19-2)20-3)14-13(16)21-9-10-7-5-4-6-8-10;1-6-4-7(5-9)2-3-8-6;1-5(2,8-3)4(6)7;5-3-1-2-6-4-3;2-1-3/h7-8,10,13H,9,11H2,1-6H3,(H,22,25)(H,21,23,26);8-9,11,13H,10H2,1-7H3,(H,21,24)(H,20,22,25);6-9H,1-5H3,(H,16,17,19);5-6,8,10H,7,15H2,1-4H3,(H,16,17,19);4-8,11H,9H2,1-3H3,(H,14,16);2-5H,1H3;1-3H3,(H,6,7);1-2H,(H,4,5);1H2/b;;10-8+;;;;;;. The first-order valence-electron chi connectivity index (χ1n) is 43.7. The summed E-state index contributed by atoms with van der Waals surface area (Å²) in [5, 5.41) is 27.9. The summed E-state index contributed by atoms with van der Waals surface area (Å²) >= 11 is 12.7. The van der Waals surface area contributed by atoms with Gasteiger partial charge in [-0.05, 0) is 246 Å². The topological polar surface area (TPSA) is 626 Å². The maximum atomic E-state index is 12.3. The number of aryl methyl sites for hydroxylation is 1. The van der Waals surface area contributed by atoms with Crippen LogP contribution in [0.5, 0.6) is 0 Å². The molecular weight excluding hydrogens is 2090 g/mol. The van der Waals surface area contributed by atoms with Gasteiger partial charge in [0, 0.05) is 95.9 Å². The number of methoxy groups -OCH3 is 7. The number of aliphatic carboxylic acids is 1. The first-order valence-corrected chi connectivity index (χ1v) is 48.0. The molecule has 7 rings (SSSR count). The molecule has 0 spiro atoms. The lowest BCUT2D eigenvalue weighted by atomic mass is 10.0. The predicted molar refractivity (Wildman–Crippen MR) is 551 cm³/mol. The molecule has 11 N–H and O–H groups in total. The number of nitrogens with zero attached hydrogens (tertiary/aromatic N) is 5. The molecule has 0 radical (unpaired) electrons. The van der Waals surface area contributed by atoms with Crippen LogP contribution in [0.15, 0.2) is 149 Å². The predicted octanol–water partition coefficient (Wildman–Crippen LogP) is 14.4. The van der Waals surface area contributed by atoms with E-state index in [1.54, 1.807) is 215 Å². The number of carbonyl (C=O) groups is 14. The Morgan fingerprint density at radius 3 is 1.18 bits per heavy atom. The Morgan fingerprint density at radius 1 is 0.479 bits per heavy atom. The molecule has 146 heavy (non-hydrogen) atoms. The average molecular weight is 2230 g/mol. The van der Waals surface area contributed by atoms with E-state index in [0.29, 0.717) is 37.8 Å². The first-order chi connectivity index (χ1) is 67.8. The van der Waals surface area contributed by atoms with E-state index >= 15 is 0 Å². The zero-order valence-electron chi connectivity index (χ0n) is 87.4. The molecule has 7 aromatic rings. The number of nitrogens with two attached hydrogens (primary N) is 1. The number of H-pyrrole nitrogens is 1. The van der Waals surface area contributed by atoms with Crippen LogP contribution in [-0.2, 0) is 135 Å². The molecule has 50 heteroatoms. The van der Waals surface area contributed by atoms with Crippen LogP contribution < -0.4 is 48.5 Å². The number of halogens is 3. The van der Waals surface area contributed by atoms with Crippen molar-refractivity contribution in [2.75, 3.05) is 95.0 Å². The minimum atomic E-state index is -3.90. The van der Waals surface area contributed by atoms with Gasteiger partial charge in [-0.2, -0.15) is 5.16 Å². The number of pyridine rings is 5. The smallest absolute Gasteiger partial charge is 0.413 e. The van der Waals surface area contributed by atoms with E-state index in [4.69, 9.17) is 81.0 Å². The van der Waals surface area contributed by atoms with Gasteiger partial charge < -0.3 is 91.9 Å². The number of alkyl halides is 3. The normalized spacial score (nSPS) is 11.9. The summed E-state index contributed by atoms with van der Waals surface area (Å²) in [6.07, 6.45) is 8.61. The summed E-state index contributed by atoms with van der Waals surface area (Å²) in [7, 11) is 7.41. The van der Waals surface area contributed by atoms with Crippen molar-refractivity contribution in [1.82, 2.24) is 46.0 Å². The molecule has 0 aliphatic heterocycles. The molecule has 4 atom stereocenters. The van der Waals surface area contributed by atoms with Crippen LogP contribution in [0.1, 0.15) is 175 Å². The molecule has 1 aromatic carbocycles. The molecule has 46 nitrogen and oxygen atoms in total. The van der Waals surface area contributed by atoms with E-state index in [-0.39, 0.29) is 54.7 Å². The van der Waals surface area contributed by atoms with Crippen molar-refractivity contribution < 1.29 is 147 Å². The van der Waals surface area contributed by atoms with Crippen molar-refractivity contribution in [2.45, 2.75) is 227 Å². The monoisotopic (exact) mass is 2230 g/mol. The van der Waals surface area contributed by atoms with Gasteiger partial charge in [-0.15, -0.1) is 23.2 Å². The third-order valence-electron chi connectivity index (χ3n) is 17.5. The van der Waals surface area contributed by atoms with Gasteiger partial charge in [0.05, 0.1) is 44.2 Å². The highest BCUT2D eigenvalue weighted by atomic mass is 127. The molecule has 4 unspecified atom stereocenters. The van der Waals surface area contributed by atoms with Crippen LogP contribution in [0.3, 0.4) is 0 Å². The van der Waals surface area contributed by atoms with Crippen LogP contribution in [0.4, 0.5) is 47.2 Å². The second kappa shape index (κ2) is 67.6. The number of aromatic nitrogens is 6. The first kappa shape index (κ1) is 135. The number of anilines is 4. The fraction of sp³-hybridized carbons (Fsp3) is 0.479. The molecular formula is C96H138Cl2IN14O32P. The largest absolute Gasteiger partial charge is 0.479 e. The van der Waals surface area contributed by atoms with Crippen molar-refractivity contribution in [3.8, 4) is 0 Å². The summed E-state index contributed by atoms with van der Waals surface area (Å²) < 4.78 is 85.5. The molecule has 6 aromatic heterocycles.